The van der Waals surface area contributed by atoms with Crippen molar-refractivity contribution in [3.63, 3.8) is 0 Å². The van der Waals surface area contributed by atoms with E-state index in [1.165, 1.54) is 13.0 Å². The lowest BCUT2D eigenvalue weighted by Gasteiger charge is -2.04. The largest absolute Gasteiger partial charge is 0.507 e. The molecule has 2 rings (SSSR count). The molecule has 6 nitrogen and oxygen atoms in total. The summed E-state index contributed by atoms with van der Waals surface area (Å²) in [5.74, 6) is -0.381. The molecular weight excluding hydrogens is 352 g/mol. The fraction of sp³-hybridized carbons (Fsp3) is 0.133. The highest BCUT2D eigenvalue weighted by Crippen LogP contribution is 2.15. The lowest BCUT2D eigenvalue weighted by molar-refractivity contribution is 0.0954. The van der Waals surface area contributed by atoms with Gasteiger partial charge in [0.15, 0.2) is 0 Å². The maximum Gasteiger partial charge on any atom is 0.348 e. The van der Waals surface area contributed by atoms with E-state index in [4.69, 9.17) is 4.42 Å². The van der Waals surface area contributed by atoms with Gasteiger partial charge < -0.3 is 9.52 Å². The lowest BCUT2D eigenvalue weighted by atomic mass is 10.2. The van der Waals surface area contributed by atoms with E-state index in [1.54, 1.807) is 31.2 Å². The van der Waals surface area contributed by atoms with Crippen molar-refractivity contribution >= 4 is 27.5 Å². The first-order chi connectivity index (χ1) is 10.4. The number of hydrogen-bond donors (Lipinski definition) is 2. The van der Waals surface area contributed by atoms with Crippen LogP contribution in [0.5, 0.6) is 5.75 Å². The summed E-state index contributed by atoms with van der Waals surface area (Å²) in [7, 11) is 0. The van der Waals surface area contributed by atoms with E-state index in [1.807, 2.05) is 0 Å². The van der Waals surface area contributed by atoms with Gasteiger partial charge in [0.25, 0.3) is 5.91 Å². The third-order valence-electron chi connectivity index (χ3n) is 2.85. The third-order valence-corrected chi connectivity index (χ3v) is 3.38. The molecule has 0 aliphatic heterocycles. The Balaban J connectivity index is 2.22. The highest BCUT2D eigenvalue weighted by molar-refractivity contribution is 9.10. The van der Waals surface area contributed by atoms with E-state index in [0.717, 1.165) is 4.47 Å². The Morgan fingerprint density at radius 3 is 2.55 bits per heavy atom. The van der Waals surface area contributed by atoms with Crippen molar-refractivity contribution in [2.45, 2.75) is 13.8 Å². The van der Waals surface area contributed by atoms with E-state index >= 15 is 0 Å². The van der Waals surface area contributed by atoms with Gasteiger partial charge in [-0.25, -0.2) is 10.2 Å². The van der Waals surface area contributed by atoms with Gasteiger partial charge in [-0.05, 0) is 38.1 Å². The highest BCUT2D eigenvalue weighted by atomic mass is 79.9. The predicted octanol–water partition coefficient (Wildman–Crippen LogP) is 2.57. The second-order valence-electron chi connectivity index (χ2n) is 4.55. The number of nitrogens with one attached hydrogen (secondary N) is 1. The number of halogens is 1. The van der Waals surface area contributed by atoms with Gasteiger partial charge in [0, 0.05) is 16.1 Å². The van der Waals surface area contributed by atoms with Crippen LogP contribution < -0.4 is 11.1 Å². The number of carbonyl (C=O) groups excluding carboxylic acids is 1. The van der Waals surface area contributed by atoms with E-state index < -0.39 is 11.5 Å². The van der Waals surface area contributed by atoms with Crippen LogP contribution in [0.15, 0.2) is 49.1 Å². The SMILES string of the molecule is C/C(=N\NC(=O)c1ccc(Br)cc1)c1c(O)cc(C)oc1=O. The van der Waals surface area contributed by atoms with Crippen LogP contribution in [0.3, 0.4) is 0 Å². The average molecular weight is 365 g/mol. The molecule has 2 aromatic rings. The molecule has 1 heterocycles. The molecule has 0 aliphatic rings. The van der Waals surface area contributed by atoms with Crippen LogP contribution in [0.1, 0.15) is 28.6 Å². The molecule has 0 radical (unpaired) electrons. The lowest BCUT2D eigenvalue weighted by Crippen LogP contribution is -2.21. The Labute approximate surface area is 134 Å². The number of rotatable bonds is 3. The summed E-state index contributed by atoms with van der Waals surface area (Å²) in [6, 6.07) is 8.02. The molecule has 22 heavy (non-hydrogen) atoms. The summed E-state index contributed by atoms with van der Waals surface area (Å²) >= 11 is 3.28. The minimum Gasteiger partial charge on any atom is -0.507 e. The van der Waals surface area contributed by atoms with Crippen molar-refractivity contribution < 1.29 is 14.3 Å². The normalized spacial score (nSPS) is 11.3. The van der Waals surface area contributed by atoms with Gasteiger partial charge in [0.05, 0.1) is 5.71 Å². The van der Waals surface area contributed by atoms with Crippen molar-refractivity contribution in [2.24, 2.45) is 5.10 Å². The second kappa shape index (κ2) is 6.57. The number of hydrogen-bond acceptors (Lipinski definition) is 5. The Kier molecular flexibility index (Phi) is 4.77. The summed E-state index contributed by atoms with van der Waals surface area (Å²) in [5.41, 5.74) is 2.10. The Morgan fingerprint density at radius 1 is 1.32 bits per heavy atom. The average Bonchev–Trinajstić information content (AvgIpc) is 2.44. The van der Waals surface area contributed by atoms with Crippen LogP contribution in [0.4, 0.5) is 0 Å². The molecule has 0 saturated carbocycles. The van der Waals surface area contributed by atoms with Crippen LogP contribution in [0.25, 0.3) is 0 Å². The van der Waals surface area contributed by atoms with Crippen LogP contribution >= 0.6 is 15.9 Å². The van der Waals surface area contributed by atoms with Crippen molar-refractivity contribution in [1.29, 1.82) is 0 Å². The smallest absolute Gasteiger partial charge is 0.348 e. The van der Waals surface area contributed by atoms with E-state index in [9.17, 15) is 14.7 Å². The zero-order valence-corrected chi connectivity index (χ0v) is 13.5. The number of hydrazone groups is 1. The summed E-state index contributed by atoms with van der Waals surface area (Å²) in [6.45, 7) is 3.04. The summed E-state index contributed by atoms with van der Waals surface area (Å²) in [6.07, 6.45) is 0. The van der Waals surface area contributed by atoms with Gasteiger partial charge in [-0.15, -0.1) is 0 Å². The summed E-state index contributed by atoms with van der Waals surface area (Å²) in [5, 5.41) is 13.6. The molecule has 0 spiro atoms. The Morgan fingerprint density at radius 2 is 1.95 bits per heavy atom. The molecule has 1 aromatic carbocycles. The molecule has 0 aliphatic carbocycles. The van der Waals surface area contributed by atoms with E-state index in [-0.39, 0.29) is 22.8 Å². The molecule has 0 saturated heterocycles. The van der Waals surface area contributed by atoms with Gasteiger partial charge in [-0.2, -0.15) is 5.10 Å². The van der Waals surface area contributed by atoms with Crippen molar-refractivity contribution in [2.75, 3.05) is 0 Å². The number of benzene rings is 1. The molecule has 7 heteroatoms. The fourth-order valence-electron chi connectivity index (χ4n) is 1.79. The quantitative estimate of drug-likeness (QED) is 0.646. The minimum atomic E-state index is -0.711. The van der Waals surface area contributed by atoms with Crippen LogP contribution in [-0.2, 0) is 0 Å². The molecule has 114 valence electrons. The molecular formula is C15H13BrN2O4. The van der Waals surface area contributed by atoms with Gasteiger partial charge in [-0.1, -0.05) is 15.9 Å². The maximum atomic E-state index is 11.9. The van der Waals surface area contributed by atoms with Gasteiger partial charge in [0.1, 0.15) is 17.1 Å². The molecule has 2 N–H and O–H groups in total. The van der Waals surface area contributed by atoms with Crippen LogP contribution in [-0.4, -0.2) is 16.7 Å². The van der Waals surface area contributed by atoms with Crippen LogP contribution in [0.2, 0.25) is 0 Å². The van der Waals surface area contributed by atoms with Gasteiger partial charge >= 0.3 is 5.63 Å². The van der Waals surface area contributed by atoms with E-state index in [2.05, 4.69) is 26.5 Å². The first-order valence-electron chi connectivity index (χ1n) is 6.33. The van der Waals surface area contributed by atoms with E-state index in [0.29, 0.717) is 5.56 Å². The first kappa shape index (κ1) is 16.0. The van der Waals surface area contributed by atoms with Crippen LogP contribution in [0, 0.1) is 6.92 Å². The molecule has 0 atom stereocenters. The van der Waals surface area contributed by atoms with Crippen molar-refractivity contribution in [3.8, 4) is 5.75 Å². The molecule has 0 fully saturated rings. The monoisotopic (exact) mass is 364 g/mol. The van der Waals surface area contributed by atoms with Gasteiger partial charge in [-0.3, -0.25) is 4.79 Å². The first-order valence-corrected chi connectivity index (χ1v) is 7.12. The number of amides is 1. The van der Waals surface area contributed by atoms with Crippen molar-refractivity contribution in [3.05, 3.63) is 62.1 Å². The standard InChI is InChI=1S/C15H13BrN2O4/c1-8-7-12(19)13(15(21)22-8)9(2)17-18-14(20)10-3-5-11(16)6-4-10/h3-7,19H,1-2H3,(H,18,20)/b17-9+. The molecule has 1 amide bonds. The van der Waals surface area contributed by atoms with Crippen molar-refractivity contribution in [1.82, 2.24) is 5.43 Å². The van der Waals surface area contributed by atoms with Gasteiger partial charge in [0.2, 0.25) is 0 Å². The predicted molar refractivity (Wildman–Crippen MR) is 85.2 cm³/mol. The Bertz CT molecular complexity index is 794. The zero-order chi connectivity index (χ0) is 16.3. The zero-order valence-electron chi connectivity index (χ0n) is 11.9. The number of nitrogens with zero attached hydrogens (tertiary/aromatic N) is 1. The molecule has 0 unspecified atom stereocenters. The topological polar surface area (TPSA) is 91.9 Å². The Hall–Kier alpha value is -2.41. The minimum absolute atomic E-state index is 0.0818. The summed E-state index contributed by atoms with van der Waals surface area (Å²) in [4.78, 5) is 23.6. The second-order valence-corrected chi connectivity index (χ2v) is 5.47. The summed E-state index contributed by atoms with van der Waals surface area (Å²) < 4.78 is 5.75. The molecule has 0 bridgehead atoms. The molecule has 1 aromatic heterocycles. The fourth-order valence-corrected chi connectivity index (χ4v) is 2.05. The third kappa shape index (κ3) is 3.62. The number of carbonyl (C=O) groups is 1. The highest BCUT2D eigenvalue weighted by Gasteiger charge is 2.13. The maximum absolute atomic E-state index is 11.9. The number of aryl methyl sites for hydroxylation is 1. The number of aromatic hydroxyl groups is 1.